The molecule has 2 N–H and O–H groups in total. The van der Waals surface area contributed by atoms with Gasteiger partial charge in [-0.2, -0.15) is 0 Å². The maximum atomic E-state index is 12.2. The van der Waals surface area contributed by atoms with Crippen LogP contribution >= 0.6 is 0 Å². The molecule has 0 aromatic heterocycles. The lowest BCUT2D eigenvalue weighted by atomic mass is 10.1. The molecule has 0 fully saturated rings. The summed E-state index contributed by atoms with van der Waals surface area (Å²) in [6.07, 6.45) is 12.3. The fourth-order valence-electron chi connectivity index (χ4n) is 2.78. The number of carbonyl (C=O) groups is 2. The van der Waals surface area contributed by atoms with Crippen molar-refractivity contribution < 1.29 is 19.1 Å². The largest absolute Gasteiger partial charge is 0.442 e. The van der Waals surface area contributed by atoms with Gasteiger partial charge in [-0.3, -0.25) is 0 Å². The number of benzene rings is 1. The van der Waals surface area contributed by atoms with E-state index in [-0.39, 0.29) is 6.10 Å². The van der Waals surface area contributed by atoms with Crippen molar-refractivity contribution in [3.8, 4) is 0 Å². The van der Waals surface area contributed by atoms with E-state index in [1.165, 1.54) is 0 Å². The smallest absolute Gasteiger partial charge is 0.408 e. The second-order valence-corrected chi connectivity index (χ2v) is 7.36. The van der Waals surface area contributed by atoms with Crippen molar-refractivity contribution in [2.75, 3.05) is 13.1 Å². The Morgan fingerprint density at radius 3 is 1.97 bits per heavy atom. The highest BCUT2D eigenvalue weighted by Gasteiger charge is 2.13. The van der Waals surface area contributed by atoms with E-state index in [4.69, 9.17) is 9.47 Å². The standard InChI is InChI=1S/C26H36N2O4/c1-5-7-13-22(4)31-25(29)27-19-11-9-10-12-20-28-26(30)32-24(14-8-6-2)23-17-15-21(3)16-18-23/h5-8,13-18,22,24H,1-2,9-12,19-20H2,3-4H3,(H,27,29)(H,28,30)/b13-7+,14-8+. The summed E-state index contributed by atoms with van der Waals surface area (Å²) in [5.41, 5.74) is 2.05. The summed E-state index contributed by atoms with van der Waals surface area (Å²) in [6, 6.07) is 7.87. The van der Waals surface area contributed by atoms with Crippen molar-refractivity contribution in [1.29, 1.82) is 0 Å². The summed E-state index contributed by atoms with van der Waals surface area (Å²) in [7, 11) is 0. The van der Waals surface area contributed by atoms with Crippen molar-refractivity contribution >= 4 is 12.2 Å². The molecular formula is C26H36N2O4. The summed E-state index contributed by atoms with van der Waals surface area (Å²) >= 11 is 0. The minimum Gasteiger partial charge on any atom is -0.442 e. The Labute approximate surface area is 192 Å². The highest BCUT2D eigenvalue weighted by Crippen LogP contribution is 2.20. The number of rotatable bonds is 14. The molecule has 0 heterocycles. The van der Waals surface area contributed by atoms with Crippen LogP contribution in [0.1, 0.15) is 49.8 Å². The van der Waals surface area contributed by atoms with Crippen molar-refractivity contribution in [1.82, 2.24) is 10.6 Å². The molecule has 1 aromatic rings. The van der Waals surface area contributed by atoms with Gasteiger partial charge in [0, 0.05) is 13.1 Å². The Morgan fingerprint density at radius 1 is 0.875 bits per heavy atom. The van der Waals surface area contributed by atoms with Crippen LogP contribution in [0.25, 0.3) is 0 Å². The Hall–Kier alpha value is -3.28. The van der Waals surface area contributed by atoms with Crippen LogP contribution in [-0.4, -0.2) is 31.4 Å². The third-order valence-corrected chi connectivity index (χ3v) is 4.52. The molecule has 6 nitrogen and oxygen atoms in total. The molecular weight excluding hydrogens is 404 g/mol. The first kappa shape index (κ1) is 26.8. The normalized spacial score (nSPS) is 12.8. The molecule has 0 aliphatic heterocycles. The minimum absolute atomic E-state index is 0.295. The Balaban J connectivity index is 2.19. The van der Waals surface area contributed by atoms with E-state index in [2.05, 4.69) is 23.8 Å². The zero-order valence-electron chi connectivity index (χ0n) is 19.2. The number of aryl methyl sites for hydroxylation is 1. The summed E-state index contributed by atoms with van der Waals surface area (Å²) in [5.74, 6) is 0. The summed E-state index contributed by atoms with van der Waals surface area (Å²) in [5, 5.41) is 5.53. The predicted octanol–water partition coefficient (Wildman–Crippen LogP) is 5.92. The molecule has 0 saturated heterocycles. The molecule has 1 rings (SSSR count). The SMILES string of the molecule is C=C/C=C/C(C)OC(=O)NCCCCCCNC(=O)OC(/C=C/C=C)c1ccc(C)cc1. The molecule has 0 saturated carbocycles. The van der Waals surface area contributed by atoms with Crippen LogP contribution < -0.4 is 10.6 Å². The van der Waals surface area contributed by atoms with Gasteiger partial charge < -0.3 is 20.1 Å². The first-order valence-electron chi connectivity index (χ1n) is 11.0. The minimum atomic E-state index is -0.464. The second-order valence-electron chi connectivity index (χ2n) is 7.36. The maximum absolute atomic E-state index is 12.2. The number of nitrogens with one attached hydrogen (secondary N) is 2. The number of unbranched alkanes of at least 4 members (excludes halogenated alkanes) is 3. The van der Waals surface area contributed by atoms with Gasteiger partial charge in [0.15, 0.2) is 0 Å². The van der Waals surface area contributed by atoms with E-state index in [1.807, 2.05) is 31.2 Å². The molecule has 1 aromatic carbocycles. The molecule has 0 aliphatic carbocycles. The Kier molecular flexibility index (Phi) is 13.7. The van der Waals surface area contributed by atoms with Gasteiger partial charge >= 0.3 is 12.2 Å². The molecule has 0 radical (unpaired) electrons. The van der Waals surface area contributed by atoms with E-state index < -0.39 is 18.3 Å². The number of amides is 2. The number of carbonyl (C=O) groups excluding carboxylic acids is 2. The molecule has 0 bridgehead atoms. The summed E-state index contributed by atoms with van der Waals surface area (Å²) < 4.78 is 10.7. The zero-order valence-corrected chi connectivity index (χ0v) is 19.2. The molecule has 6 heteroatoms. The molecule has 0 spiro atoms. The lowest BCUT2D eigenvalue weighted by Gasteiger charge is -2.15. The molecule has 32 heavy (non-hydrogen) atoms. The van der Waals surface area contributed by atoms with Gasteiger partial charge in [-0.05, 0) is 44.4 Å². The zero-order chi connectivity index (χ0) is 23.6. The fourth-order valence-corrected chi connectivity index (χ4v) is 2.78. The maximum Gasteiger partial charge on any atom is 0.408 e. The third-order valence-electron chi connectivity index (χ3n) is 4.52. The fraction of sp³-hybridized carbons (Fsp3) is 0.385. The predicted molar refractivity (Wildman–Crippen MR) is 129 cm³/mol. The van der Waals surface area contributed by atoms with Gasteiger partial charge in [0.2, 0.25) is 0 Å². The van der Waals surface area contributed by atoms with Crippen LogP contribution in [0.2, 0.25) is 0 Å². The number of ether oxygens (including phenoxy) is 2. The summed E-state index contributed by atoms with van der Waals surface area (Å²) in [6.45, 7) is 12.1. The molecule has 2 amide bonds. The first-order chi connectivity index (χ1) is 15.5. The van der Waals surface area contributed by atoms with Crippen molar-refractivity contribution in [2.24, 2.45) is 0 Å². The van der Waals surface area contributed by atoms with Gasteiger partial charge in [-0.25, -0.2) is 9.59 Å². The average Bonchev–Trinajstić information content (AvgIpc) is 2.77. The highest BCUT2D eigenvalue weighted by molar-refractivity contribution is 5.68. The van der Waals surface area contributed by atoms with E-state index in [1.54, 1.807) is 43.4 Å². The average molecular weight is 441 g/mol. The van der Waals surface area contributed by atoms with Gasteiger partial charge in [0.1, 0.15) is 12.2 Å². The Morgan fingerprint density at radius 2 is 1.41 bits per heavy atom. The molecule has 2 unspecified atom stereocenters. The van der Waals surface area contributed by atoms with Crippen LogP contribution in [-0.2, 0) is 9.47 Å². The van der Waals surface area contributed by atoms with Crippen LogP contribution in [0, 0.1) is 6.92 Å². The van der Waals surface area contributed by atoms with E-state index in [9.17, 15) is 9.59 Å². The number of hydrogen-bond acceptors (Lipinski definition) is 4. The Bertz CT molecular complexity index is 769. The molecule has 2 atom stereocenters. The van der Waals surface area contributed by atoms with Crippen molar-refractivity contribution in [3.05, 3.63) is 85.0 Å². The van der Waals surface area contributed by atoms with Crippen molar-refractivity contribution in [3.63, 3.8) is 0 Å². The van der Waals surface area contributed by atoms with E-state index in [0.29, 0.717) is 13.1 Å². The monoisotopic (exact) mass is 440 g/mol. The van der Waals surface area contributed by atoms with Crippen molar-refractivity contribution in [2.45, 2.75) is 51.7 Å². The van der Waals surface area contributed by atoms with Gasteiger partial charge in [-0.1, -0.05) is 80.1 Å². The van der Waals surface area contributed by atoms with Gasteiger partial charge in [0.25, 0.3) is 0 Å². The number of allylic oxidation sites excluding steroid dienone is 4. The van der Waals surface area contributed by atoms with Gasteiger partial charge in [-0.15, -0.1) is 0 Å². The number of hydrogen-bond donors (Lipinski definition) is 2. The summed E-state index contributed by atoms with van der Waals surface area (Å²) in [4.78, 5) is 23.8. The molecule has 174 valence electrons. The lowest BCUT2D eigenvalue weighted by Crippen LogP contribution is -2.28. The van der Waals surface area contributed by atoms with E-state index in [0.717, 1.165) is 36.8 Å². The second kappa shape index (κ2) is 16.4. The van der Waals surface area contributed by atoms with Gasteiger partial charge in [0.05, 0.1) is 0 Å². The topological polar surface area (TPSA) is 76.7 Å². The highest BCUT2D eigenvalue weighted by atomic mass is 16.6. The van der Waals surface area contributed by atoms with Crippen LogP contribution in [0.3, 0.4) is 0 Å². The van der Waals surface area contributed by atoms with Crippen LogP contribution in [0.15, 0.2) is 73.9 Å². The van der Waals surface area contributed by atoms with Crippen LogP contribution in [0.5, 0.6) is 0 Å². The van der Waals surface area contributed by atoms with E-state index >= 15 is 0 Å². The number of alkyl carbamates (subject to hydrolysis) is 2. The first-order valence-corrected chi connectivity index (χ1v) is 11.0. The quantitative estimate of drug-likeness (QED) is 0.278. The molecule has 0 aliphatic rings. The third kappa shape index (κ3) is 12.4. The van der Waals surface area contributed by atoms with Crippen LogP contribution in [0.4, 0.5) is 9.59 Å². The lowest BCUT2D eigenvalue weighted by molar-refractivity contribution is 0.119.